The van der Waals surface area contributed by atoms with Crippen molar-refractivity contribution in [2.45, 2.75) is 46.1 Å². The van der Waals surface area contributed by atoms with Crippen LogP contribution in [0, 0.1) is 13.8 Å². The summed E-state index contributed by atoms with van der Waals surface area (Å²) in [5.74, 6) is -1.00. The molecule has 1 aliphatic rings. The van der Waals surface area contributed by atoms with Crippen molar-refractivity contribution in [3.05, 3.63) is 83.1 Å². The molecule has 0 saturated heterocycles. The topological polar surface area (TPSA) is 157 Å². The Morgan fingerprint density at radius 3 is 2.53 bits per heavy atom. The predicted octanol–water partition coefficient (Wildman–Crippen LogP) is 4.18. The van der Waals surface area contributed by atoms with Crippen LogP contribution in [0.4, 0.5) is 16.3 Å². The number of anilines is 2. The van der Waals surface area contributed by atoms with E-state index in [1.54, 1.807) is 19.1 Å². The number of ether oxygens (including phenoxy) is 2. The van der Waals surface area contributed by atoms with E-state index in [1.165, 1.54) is 41.6 Å². The van der Waals surface area contributed by atoms with Crippen molar-refractivity contribution in [2.24, 2.45) is 0 Å². The molecule has 2 N–H and O–H groups in total. The second-order valence-electron chi connectivity index (χ2n) is 10.1. The van der Waals surface area contributed by atoms with Crippen LogP contribution < -0.4 is 10.6 Å². The predicted molar refractivity (Wildman–Crippen MR) is 155 cm³/mol. The molecule has 0 unspecified atom stereocenters. The van der Waals surface area contributed by atoms with Crippen LogP contribution in [0.15, 0.2) is 55.2 Å². The number of esters is 1. The van der Waals surface area contributed by atoms with Crippen molar-refractivity contribution in [2.75, 3.05) is 18.7 Å². The summed E-state index contributed by atoms with van der Waals surface area (Å²) in [6.07, 6.45) is 6.95. The van der Waals surface area contributed by atoms with Crippen LogP contribution in [0.3, 0.4) is 0 Å². The number of hydrogen-bond donors (Lipinski definition) is 2. The maximum atomic E-state index is 13.7. The second kappa shape index (κ2) is 12.7. The standard InChI is InChI=1S/C30H31N7O6/c1-4-11-32-27(38)21-6-5-18(2)24(14-21)35-26-25-19(3)23(15-36(25)34-16-33-26)28(39)37(22-7-8-22)30(41)43-17-42-29(40)20-9-12-31-13-10-20/h5-6,9-10,12-16,22H,4,7-8,11,17H2,1-3H3,(H,32,38)(H,33,34,35). The average Bonchev–Trinajstić information content (AvgIpc) is 3.78. The summed E-state index contributed by atoms with van der Waals surface area (Å²) >= 11 is 0. The van der Waals surface area contributed by atoms with E-state index in [4.69, 9.17) is 9.47 Å². The number of nitrogens with zero attached hydrogens (tertiary/aromatic N) is 5. The molecule has 0 aliphatic heterocycles. The molecule has 3 heterocycles. The van der Waals surface area contributed by atoms with Crippen LogP contribution in [-0.2, 0) is 9.47 Å². The summed E-state index contributed by atoms with van der Waals surface area (Å²) in [5.41, 5.74) is 3.63. The first-order valence-corrected chi connectivity index (χ1v) is 13.8. The van der Waals surface area contributed by atoms with Crippen LogP contribution >= 0.6 is 0 Å². The molecule has 0 spiro atoms. The van der Waals surface area contributed by atoms with E-state index in [0.717, 1.165) is 16.9 Å². The van der Waals surface area contributed by atoms with E-state index in [-0.39, 0.29) is 23.1 Å². The van der Waals surface area contributed by atoms with Gasteiger partial charge >= 0.3 is 12.1 Å². The number of hydrogen-bond acceptors (Lipinski definition) is 10. The zero-order valence-electron chi connectivity index (χ0n) is 24.0. The summed E-state index contributed by atoms with van der Waals surface area (Å²) in [4.78, 5) is 60.6. The molecule has 43 heavy (non-hydrogen) atoms. The average molecular weight is 586 g/mol. The molecule has 5 rings (SSSR count). The number of pyridine rings is 1. The molecule has 0 atom stereocenters. The Labute approximate surface area is 247 Å². The molecule has 13 heteroatoms. The van der Waals surface area contributed by atoms with Crippen molar-refractivity contribution in [3.8, 4) is 0 Å². The first-order valence-electron chi connectivity index (χ1n) is 13.8. The fourth-order valence-corrected chi connectivity index (χ4v) is 4.47. The van der Waals surface area contributed by atoms with Crippen LogP contribution in [-0.4, -0.2) is 67.7 Å². The summed E-state index contributed by atoms with van der Waals surface area (Å²) in [6, 6.07) is 7.96. The minimum absolute atomic E-state index is 0.177. The lowest BCUT2D eigenvalue weighted by atomic mass is 10.1. The van der Waals surface area contributed by atoms with Gasteiger partial charge in [0.15, 0.2) is 5.82 Å². The lowest BCUT2D eigenvalue weighted by Gasteiger charge is -2.19. The normalized spacial score (nSPS) is 12.4. The van der Waals surface area contributed by atoms with Crippen LogP contribution in [0.1, 0.15) is 68.4 Å². The Kier molecular flexibility index (Phi) is 8.60. The third-order valence-electron chi connectivity index (χ3n) is 6.96. The van der Waals surface area contributed by atoms with Gasteiger partial charge in [0.25, 0.3) is 11.8 Å². The van der Waals surface area contributed by atoms with Gasteiger partial charge in [0.05, 0.1) is 11.1 Å². The van der Waals surface area contributed by atoms with E-state index in [0.29, 0.717) is 47.5 Å². The van der Waals surface area contributed by atoms with Crippen molar-refractivity contribution >= 4 is 40.9 Å². The lowest BCUT2D eigenvalue weighted by molar-refractivity contribution is -0.0110. The highest BCUT2D eigenvalue weighted by atomic mass is 16.7. The number of nitrogens with one attached hydrogen (secondary N) is 2. The highest BCUT2D eigenvalue weighted by molar-refractivity contribution is 6.06. The molecule has 13 nitrogen and oxygen atoms in total. The van der Waals surface area contributed by atoms with Crippen molar-refractivity contribution < 1.29 is 28.7 Å². The number of fused-ring (bicyclic) bond motifs is 1. The molecule has 3 aromatic heterocycles. The zero-order valence-corrected chi connectivity index (χ0v) is 24.0. The lowest BCUT2D eigenvalue weighted by Crippen LogP contribution is -2.39. The number of aromatic nitrogens is 4. The molecule has 1 aliphatic carbocycles. The van der Waals surface area contributed by atoms with Gasteiger partial charge in [0.1, 0.15) is 11.8 Å². The molecule has 1 fully saturated rings. The van der Waals surface area contributed by atoms with Gasteiger partial charge in [-0.15, -0.1) is 0 Å². The van der Waals surface area contributed by atoms with Gasteiger partial charge in [-0.25, -0.2) is 24.0 Å². The number of amides is 3. The second-order valence-corrected chi connectivity index (χ2v) is 10.1. The largest absolute Gasteiger partial charge is 0.424 e. The summed E-state index contributed by atoms with van der Waals surface area (Å²) in [5, 5.41) is 10.4. The molecule has 222 valence electrons. The van der Waals surface area contributed by atoms with Crippen LogP contribution in [0.25, 0.3) is 5.52 Å². The number of rotatable bonds is 10. The Hall–Kier alpha value is -5.33. The van der Waals surface area contributed by atoms with Gasteiger partial charge in [-0.3, -0.25) is 14.6 Å². The highest BCUT2D eigenvalue weighted by Gasteiger charge is 2.40. The van der Waals surface area contributed by atoms with E-state index in [9.17, 15) is 19.2 Å². The Balaban J connectivity index is 1.35. The third-order valence-corrected chi connectivity index (χ3v) is 6.96. The minimum Gasteiger partial charge on any atom is -0.424 e. The SMILES string of the molecule is CCCNC(=O)c1ccc(C)c(Nc2ncnn3cc(C(=O)N(C(=O)OCOC(=O)c4ccncc4)C4CC4)c(C)c23)c1. The molecule has 1 saturated carbocycles. The smallest absolute Gasteiger partial charge is 0.419 e. The van der Waals surface area contributed by atoms with Gasteiger partial charge < -0.3 is 20.1 Å². The molecule has 4 aromatic rings. The summed E-state index contributed by atoms with van der Waals surface area (Å²) < 4.78 is 11.7. The first kappa shape index (κ1) is 29.2. The van der Waals surface area contributed by atoms with Gasteiger partial charge in [-0.2, -0.15) is 5.10 Å². The van der Waals surface area contributed by atoms with Crippen molar-refractivity contribution in [1.29, 1.82) is 0 Å². The van der Waals surface area contributed by atoms with E-state index >= 15 is 0 Å². The maximum Gasteiger partial charge on any atom is 0.419 e. The van der Waals surface area contributed by atoms with E-state index < -0.39 is 24.8 Å². The fraction of sp³-hybridized carbons (Fsp3) is 0.300. The number of benzene rings is 1. The molecule has 0 radical (unpaired) electrons. The molecular formula is C30H31N7O6. The molecule has 3 amide bonds. The van der Waals surface area contributed by atoms with Crippen molar-refractivity contribution in [3.63, 3.8) is 0 Å². The fourth-order valence-electron chi connectivity index (χ4n) is 4.47. The zero-order chi connectivity index (χ0) is 30.5. The number of carbonyl (C=O) groups excluding carboxylic acids is 4. The van der Waals surface area contributed by atoms with Gasteiger partial charge in [-0.1, -0.05) is 13.0 Å². The quantitative estimate of drug-likeness (QED) is 0.204. The van der Waals surface area contributed by atoms with Gasteiger partial charge in [0, 0.05) is 42.4 Å². The Morgan fingerprint density at radius 1 is 1.05 bits per heavy atom. The van der Waals surface area contributed by atoms with Gasteiger partial charge in [0.2, 0.25) is 6.79 Å². The monoisotopic (exact) mass is 585 g/mol. The minimum atomic E-state index is -0.914. The first-order chi connectivity index (χ1) is 20.8. The number of imide groups is 1. The molecule has 1 aromatic carbocycles. The summed E-state index contributed by atoms with van der Waals surface area (Å²) in [6.45, 7) is 5.55. The molecule has 0 bridgehead atoms. The van der Waals surface area contributed by atoms with Crippen LogP contribution in [0.2, 0.25) is 0 Å². The van der Waals surface area contributed by atoms with Crippen LogP contribution in [0.5, 0.6) is 0 Å². The Morgan fingerprint density at radius 2 is 1.81 bits per heavy atom. The van der Waals surface area contributed by atoms with Crippen molar-refractivity contribution in [1.82, 2.24) is 29.8 Å². The molecular weight excluding hydrogens is 554 g/mol. The van der Waals surface area contributed by atoms with E-state index in [2.05, 4.69) is 25.7 Å². The third kappa shape index (κ3) is 6.45. The summed E-state index contributed by atoms with van der Waals surface area (Å²) in [7, 11) is 0. The van der Waals surface area contributed by atoms with Gasteiger partial charge in [-0.05, 0) is 68.5 Å². The number of aryl methyl sites for hydroxylation is 2. The number of carbonyl (C=O) groups is 4. The maximum absolute atomic E-state index is 13.7. The van der Waals surface area contributed by atoms with E-state index in [1.807, 2.05) is 19.9 Å². The Bertz CT molecular complexity index is 1680. The highest BCUT2D eigenvalue weighted by Crippen LogP contribution is 2.32.